The van der Waals surface area contributed by atoms with Crippen LogP contribution in [0.5, 0.6) is 0 Å². The second-order valence-electron chi connectivity index (χ2n) is 7.90. The summed E-state index contributed by atoms with van der Waals surface area (Å²) in [5.41, 5.74) is -0.360. The number of nitrogens with one attached hydrogen (secondary N) is 1. The Morgan fingerprint density at radius 3 is 2.54 bits per heavy atom. The minimum atomic E-state index is -1.33. The molecule has 196 valence electrons. The molecule has 1 heterocycles. The van der Waals surface area contributed by atoms with E-state index in [1.807, 2.05) is 6.92 Å². The number of ether oxygens (including phenoxy) is 2. The lowest BCUT2D eigenvalue weighted by Crippen LogP contribution is -2.13. The number of halogens is 3. The van der Waals surface area contributed by atoms with E-state index in [2.05, 4.69) is 10.3 Å². The smallest absolute Gasteiger partial charge is 0.331 e. The molecule has 7 nitrogen and oxygen atoms in total. The van der Waals surface area contributed by atoms with Gasteiger partial charge in [-0.15, -0.1) is 11.3 Å². The third kappa shape index (κ3) is 6.82. The van der Waals surface area contributed by atoms with Crippen LogP contribution in [0, 0.1) is 17.5 Å². The van der Waals surface area contributed by atoms with Crippen LogP contribution < -0.4 is 5.32 Å². The molecule has 2 N–H and O–H groups in total. The van der Waals surface area contributed by atoms with E-state index >= 15 is 4.39 Å². The van der Waals surface area contributed by atoms with E-state index in [0.29, 0.717) is 25.2 Å². The van der Waals surface area contributed by atoms with Gasteiger partial charge in [0.1, 0.15) is 17.5 Å². The quantitative estimate of drug-likeness (QED) is 0.229. The zero-order valence-electron chi connectivity index (χ0n) is 20.3. The lowest BCUT2D eigenvalue weighted by molar-refractivity contribution is -0.132. The van der Waals surface area contributed by atoms with Crippen LogP contribution in [0.3, 0.4) is 0 Å². The topological polar surface area (TPSA) is 97.8 Å². The average Bonchev–Trinajstić information content (AvgIpc) is 3.32. The van der Waals surface area contributed by atoms with Crippen molar-refractivity contribution in [2.24, 2.45) is 0 Å². The largest absolute Gasteiger partial charge is 0.478 e. The fourth-order valence-corrected chi connectivity index (χ4v) is 4.19. The normalized spacial score (nSPS) is 12.4. The Kier molecular flexibility index (Phi) is 9.56. The molecule has 1 unspecified atom stereocenters. The number of benzene rings is 2. The summed E-state index contributed by atoms with van der Waals surface area (Å²) < 4.78 is 54.9. The van der Waals surface area contributed by atoms with Crippen LogP contribution in [0.1, 0.15) is 47.9 Å². The minimum absolute atomic E-state index is 0.0935. The van der Waals surface area contributed by atoms with Gasteiger partial charge in [-0.2, -0.15) is 0 Å². The molecule has 0 fully saturated rings. The molecule has 0 aliphatic rings. The SMILES string of the molecule is CCOCCC(OC)c1cccc(-c2csc(NC(=O)c3cc(F)c(C=C(C)C(=O)O)c(F)c3)n2)c1F. The first kappa shape index (κ1) is 28.0. The number of nitrogens with zero attached hydrogens (tertiary/aromatic N) is 1. The second kappa shape index (κ2) is 12.6. The van der Waals surface area contributed by atoms with E-state index in [9.17, 15) is 18.4 Å². The van der Waals surface area contributed by atoms with Crippen LogP contribution in [-0.2, 0) is 14.3 Å². The molecule has 0 spiro atoms. The Morgan fingerprint density at radius 2 is 1.92 bits per heavy atom. The number of anilines is 1. The van der Waals surface area contributed by atoms with Gasteiger partial charge in [-0.1, -0.05) is 12.1 Å². The van der Waals surface area contributed by atoms with Crippen molar-refractivity contribution >= 4 is 34.4 Å². The number of amides is 1. The molecule has 3 aromatic rings. The third-order valence-corrected chi connectivity index (χ3v) is 6.19. The van der Waals surface area contributed by atoms with E-state index in [-0.39, 0.29) is 27.5 Å². The number of methoxy groups -OCH3 is 1. The summed E-state index contributed by atoms with van der Waals surface area (Å²) in [5, 5.41) is 13.0. The highest BCUT2D eigenvalue weighted by atomic mass is 32.1. The average molecular weight is 535 g/mol. The van der Waals surface area contributed by atoms with Gasteiger partial charge >= 0.3 is 5.97 Å². The van der Waals surface area contributed by atoms with E-state index in [0.717, 1.165) is 29.5 Å². The number of carbonyl (C=O) groups is 2. The molecular formula is C26H25F3N2O5S. The van der Waals surface area contributed by atoms with E-state index in [1.54, 1.807) is 23.6 Å². The number of aromatic nitrogens is 1. The van der Waals surface area contributed by atoms with Crippen molar-refractivity contribution < 1.29 is 37.3 Å². The molecule has 0 saturated carbocycles. The summed E-state index contributed by atoms with van der Waals surface area (Å²) in [6.45, 7) is 4.00. The van der Waals surface area contributed by atoms with E-state index < -0.39 is 41.0 Å². The van der Waals surface area contributed by atoms with Crippen molar-refractivity contribution in [3.8, 4) is 11.3 Å². The monoisotopic (exact) mass is 534 g/mol. The molecule has 11 heteroatoms. The summed E-state index contributed by atoms with van der Waals surface area (Å²) >= 11 is 1.01. The van der Waals surface area contributed by atoms with Crippen LogP contribution in [-0.4, -0.2) is 42.3 Å². The second-order valence-corrected chi connectivity index (χ2v) is 8.75. The summed E-state index contributed by atoms with van der Waals surface area (Å²) in [5.74, 6) is -4.87. The van der Waals surface area contributed by atoms with Gasteiger partial charge in [0, 0.05) is 60.0 Å². The van der Waals surface area contributed by atoms with E-state index in [1.165, 1.54) is 14.0 Å². The maximum Gasteiger partial charge on any atom is 0.331 e. The number of carboxylic acids is 1. The summed E-state index contributed by atoms with van der Waals surface area (Å²) in [7, 11) is 1.49. The van der Waals surface area contributed by atoms with Gasteiger partial charge in [0.25, 0.3) is 5.91 Å². The van der Waals surface area contributed by atoms with Crippen molar-refractivity contribution in [2.45, 2.75) is 26.4 Å². The van der Waals surface area contributed by atoms with Gasteiger partial charge in [-0.25, -0.2) is 22.9 Å². The van der Waals surface area contributed by atoms with Crippen LogP contribution in [0.2, 0.25) is 0 Å². The molecule has 3 rings (SSSR count). The number of carboxylic acid groups (broad SMARTS) is 1. The van der Waals surface area contributed by atoms with Crippen molar-refractivity contribution in [2.75, 3.05) is 25.6 Å². The lowest BCUT2D eigenvalue weighted by atomic mass is 10.0. The Labute approximate surface area is 215 Å². The lowest BCUT2D eigenvalue weighted by Gasteiger charge is -2.17. The highest BCUT2D eigenvalue weighted by Crippen LogP contribution is 2.32. The molecule has 1 atom stereocenters. The molecule has 1 amide bonds. The van der Waals surface area contributed by atoms with Gasteiger partial charge < -0.3 is 14.6 Å². The fraction of sp³-hybridized carbons (Fsp3) is 0.269. The summed E-state index contributed by atoms with van der Waals surface area (Å²) in [6, 6.07) is 6.43. The van der Waals surface area contributed by atoms with Gasteiger partial charge in [0.05, 0.1) is 11.8 Å². The number of thiazole rings is 1. The fourth-order valence-electron chi connectivity index (χ4n) is 3.49. The standard InChI is InChI=1S/C26H25F3N2O5S/c1-4-36-9-8-22(35-3)17-7-5-6-16(23(17)29)21-13-37-26(30-21)31-24(32)15-11-19(27)18(20(28)12-15)10-14(2)25(33)34/h5-7,10-13,22H,4,8-9H2,1-3H3,(H,33,34)(H,30,31,32). The molecule has 0 saturated heterocycles. The Bertz CT molecular complexity index is 1300. The van der Waals surface area contributed by atoms with Crippen LogP contribution >= 0.6 is 11.3 Å². The molecule has 37 heavy (non-hydrogen) atoms. The zero-order valence-corrected chi connectivity index (χ0v) is 21.1. The third-order valence-electron chi connectivity index (χ3n) is 5.43. The number of aliphatic carboxylic acids is 1. The summed E-state index contributed by atoms with van der Waals surface area (Å²) in [6.07, 6.45) is 0.780. The van der Waals surface area contributed by atoms with Crippen molar-refractivity contribution in [3.63, 3.8) is 0 Å². The van der Waals surface area contributed by atoms with Crippen LogP contribution in [0.4, 0.5) is 18.3 Å². The van der Waals surface area contributed by atoms with Gasteiger partial charge in [-0.05, 0) is 38.1 Å². The number of hydrogen-bond donors (Lipinski definition) is 2. The Morgan fingerprint density at radius 1 is 1.22 bits per heavy atom. The highest BCUT2D eigenvalue weighted by molar-refractivity contribution is 7.14. The van der Waals surface area contributed by atoms with Crippen LogP contribution in [0.15, 0.2) is 41.3 Å². The van der Waals surface area contributed by atoms with Gasteiger partial charge in [0.2, 0.25) is 0 Å². The van der Waals surface area contributed by atoms with Gasteiger partial charge in [0.15, 0.2) is 5.13 Å². The molecule has 0 bridgehead atoms. The first-order valence-electron chi connectivity index (χ1n) is 11.2. The van der Waals surface area contributed by atoms with Gasteiger partial charge in [-0.3, -0.25) is 10.1 Å². The first-order valence-corrected chi connectivity index (χ1v) is 12.1. The maximum atomic E-state index is 15.3. The van der Waals surface area contributed by atoms with Crippen molar-refractivity contribution in [3.05, 3.63) is 75.4 Å². The molecule has 0 aliphatic heterocycles. The van der Waals surface area contributed by atoms with Crippen molar-refractivity contribution in [1.29, 1.82) is 0 Å². The minimum Gasteiger partial charge on any atom is -0.478 e. The van der Waals surface area contributed by atoms with E-state index in [4.69, 9.17) is 14.6 Å². The molecule has 0 aliphatic carbocycles. The number of carbonyl (C=O) groups excluding carboxylic acids is 1. The Hall–Kier alpha value is -3.54. The Balaban J connectivity index is 1.80. The molecular weight excluding hydrogens is 509 g/mol. The highest BCUT2D eigenvalue weighted by Gasteiger charge is 2.21. The predicted octanol–water partition coefficient (Wildman–Crippen LogP) is 6.08. The molecule has 2 aromatic carbocycles. The maximum absolute atomic E-state index is 15.3. The predicted molar refractivity (Wildman–Crippen MR) is 134 cm³/mol. The number of rotatable bonds is 11. The molecule has 0 radical (unpaired) electrons. The van der Waals surface area contributed by atoms with Crippen molar-refractivity contribution in [1.82, 2.24) is 4.98 Å². The number of hydrogen-bond acceptors (Lipinski definition) is 6. The zero-order chi connectivity index (χ0) is 27.1. The molecule has 1 aromatic heterocycles. The first-order chi connectivity index (χ1) is 17.7. The summed E-state index contributed by atoms with van der Waals surface area (Å²) in [4.78, 5) is 27.8. The van der Waals surface area contributed by atoms with Crippen LogP contribution in [0.25, 0.3) is 17.3 Å².